The summed E-state index contributed by atoms with van der Waals surface area (Å²) in [7, 11) is 0. The molecule has 0 bridgehead atoms. The number of halogens is 1. The Morgan fingerprint density at radius 1 is 1.42 bits per heavy atom. The molecule has 1 fully saturated rings. The van der Waals surface area contributed by atoms with E-state index in [0.717, 1.165) is 29.8 Å². The molecule has 2 heterocycles. The largest absolute Gasteiger partial charge is 0.313 e. The first kappa shape index (κ1) is 14.9. The summed E-state index contributed by atoms with van der Waals surface area (Å²) >= 11 is 3.44. The maximum atomic E-state index is 4.48. The number of nitrogens with zero attached hydrogens (tertiary/aromatic N) is 2. The summed E-state index contributed by atoms with van der Waals surface area (Å²) in [5.41, 5.74) is 1.16. The average molecular weight is 326 g/mol. The Morgan fingerprint density at radius 3 is 2.95 bits per heavy atom. The van der Waals surface area contributed by atoms with Crippen LogP contribution >= 0.6 is 15.9 Å². The van der Waals surface area contributed by atoms with Gasteiger partial charge in [0.2, 0.25) is 0 Å². The first-order chi connectivity index (χ1) is 9.28. The Bertz CT molecular complexity index is 360. The molecule has 1 saturated heterocycles. The molecule has 0 radical (unpaired) electrons. The molecule has 1 unspecified atom stereocenters. The maximum Gasteiger partial charge on any atom is 0.0544 e. The molecule has 0 spiro atoms. The molecule has 2 rings (SSSR count). The molecule has 19 heavy (non-hydrogen) atoms. The Kier molecular flexibility index (Phi) is 6.28. The summed E-state index contributed by atoms with van der Waals surface area (Å²) in [4.78, 5) is 7.01. The zero-order valence-electron chi connectivity index (χ0n) is 11.7. The van der Waals surface area contributed by atoms with Crippen LogP contribution in [0, 0.1) is 0 Å². The van der Waals surface area contributed by atoms with Crippen LogP contribution in [0.4, 0.5) is 0 Å². The van der Waals surface area contributed by atoms with Crippen molar-refractivity contribution in [2.45, 2.75) is 45.2 Å². The quantitative estimate of drug-likeness (QED) is 0.870. The number of rotatable bonds is 6. The number of pyridine rings is 1. The summed E-state index contributed by atoms with van der Waals surface area (Å²) in [6, 6.07) is 4.85. The fourth-order valence-electron chi connectivity index (χ4n) is 2.67. The molecule has 0 aliphatic carbocycles. The van der Waals surface area contributed by atoms with Crippen molar-refractivity contribution in [3.63, 3.8) is 0 Å². The number of aromatic nitrogens is 1. The third-order valence-corrected chi connectivity index (χ3v) is 4.07. The number of hydrogen-bond donors (Lipinski definition) is 1. The van der Waals surface area contributed by atoms with Gasteiger partial charge in [0.25, 0.3) is 0 Å². The summed E-state index contributed by atoms with van der Waals surface area (Å²) in [5.74, 6) is 0. The summed E-state index contributed by atoms with van der Waals surface area (Å²) in [6.07, 6.45) is 7.10. The molecule has 4 heteroatoms. The molecular formula is C15H24BrN3. The van der Waals surface area contributed by atoms with Gasteiger partial charge in [0.15, 0.2) is 0 Å². The first-order valence-corrected chi connectivity index (χ1v) is 8.13. The van der Waals surface area contributed by atoms with Crippen molar-refractivity contribution in [3.05, 3.63) is 28.5 Å². The van der Waals surface area contributed by atoms with Gasteiger partial charge in [-0.15, -0.1) is 0 Å². The lowest BCUT2D eigenvalue weighted by molar-refractivity contribution is 0.215. The van der Waals surface area contributed by atoms with Gasteiger partial charge in [-0.1, -0.05) is 13.3 Å². The molecule has 0 saturated carbocycles. The molecular weight excluding hydrogens is 302 g/mol. The fourth-order valence-corrected chi connectivity index (χ4v) is 2.91. The molecule has 1 atom stereocenters. The predicted molar refractivity (Wildman–Crippen MR) is 83.1 cm³/mol. The van der Waals surface area contributed by atoms with Crippen LogP contribution in [-0.2, 0) is 6.54 Å². The van der Waals surface area contributed by atoms with Gasteiger partial charge in [0.1, 0.15) is 0 Å². The minimum Gasteiger partial charge on any atom is -0.313 e. The fraction of sp³-hybridized carbons (Fsp3) is 0.667. The average Bonchev–Trinajstić information content (AvgIpc) is 2.43. The van der Waals surface area contributed by atoms with Gasteiger partial charge in [-0.25, -0.2) is 0 Å². The van der Waals surface area contributed by atoms with Crippen LogP contribution in [-0.4, -0.2) is 35.6 Å². The van der Waals surface area contributed by atoms with Gasteiger partial charge in [0.05, 0.1) is 5.69 Å². The van der Waals surface area contributed by atoms with Crippen LogP contribution in [0.15, 0.2) is 22.8 Å². The standard InChI is InChI=1S/C15H24BrN3/c1-2-9-19(11-14-5-3-4-8-17-14)12-15-7-6-13(16)10-18-15/h6-7,10,14,17H,2-5,8-9,11-12H2,1H3. The Hall–Kier alpha value is -0.450. The van der Waals surface area contributed by atoms with Crippen LogP contribution in [0.3, 0.4) is 0 Å². The SMILES string of the molecule is CCCN(Cc1ccc(Br)cn1)CC1CCCCN1. The van der Waals surface area contributed by atoms with E-state index in [1.165, 1.54) is 32.2 Å². The molecule has 1 aliphatic rings. The zero-order chi connectivity index (χ0) is 13.5. The van der Waals surface area contributed by atoms with Gasteiger partial charge in [0, 0.05) is 29.8 Å². The van der Waals surface area contributed by atoms with E-state index in [1.807, 2.05) is 6.20 Å². The molecule has 106 valence electrons. The van der Waals surface area contributed by atoms with E-state index in [1.54, 1.807) is 0 Å². The second-order valence-corrected chi connectivity index (χ2v) is 6.27. The van der Waals surface area contributed by atoms with Crippen molar-refractivity contribution < 1.29 is 0 Å². The van der Waals surface area contributed by atoms with Crippen LogP contribution in [0.2, 0.25) is 0 Å². The molecule has 0 amide bonds. The monoisotopic (exact) mass is 325 g/mol. The van der Waals surface area contributed by atoms with Crippen LogP contribution in [0.5, 0.6) is 0 Å². The van der Waals surface area contributed by atoms with E-state index < -0.39 is 0 Å². The Morgan fingerprint density at radius 2 is 2.32 bits per heavy atom. The summed E-state index contributed by atoms with van der Waals surface area (Å²) in [6.45, 7) is 6.68. The van der Waals surface area contributed by atoms with Gasteiger partial charge >= 0.3 is 0 Å². The smallest absolute Gasteiger partial charge is 0.0544 e. The lowest BCUT2D eigenvalue weighted by atomic mass is 10.0. The second kappa shape index (κ2) is 7.98. The van der Waals surface area contributed by atoms with Crippen molar-refractivity contribution in [2.75, 3.05) is 19.6 Å². The zero-order valence-corrected chi connectivity index (χ0v) is 13.3. The molecule has 3 nitrogen and oxygen atoms in total. The highest BCUT2D eigenvalue weighted by Crippen LogP contribution is 2.12. The third kappa shape index (κ3) is 5.21. The number of piperidine rings is 1. The minimum absolute atomic E-state index is 0.663. The molecule has 1 aliphatic heterocycles. The molecule has 1 aromatic rings. The summed E-state index contributed by atoms with van der Waals surface area (Å²) in [5, 5.41) is 3.63. The summed E-state index contributed by atoms with van der Waals surface area (Å²) < 4.78 is 1.05. The first-order valence-electron chi connectivity index (χ1n) is 7.34. The molecule has 1 N–H and O–H groups in total. The highest BCUT2D eigenvalue weighted by molar-refractivity contribution is 9.10. The maximum absolute atomic E-state index is 4.48. The highest BCUT2D eigenvalue weighted by atomic mass is 79.9. The van der Waals surface area contributed by atoms with Crippen LogP contribution in [0.1, 0.15) is 38.3 Å². The van der Waals surface area contributed by atoms with Gasteiger partial charge in [-0.3, -0.25) is 9.88 Å². The normalized spacial score (nSPS) is 19.8. The van der Waals surface area contributed by atoms with E-state index in [4.69, 9.17) is 0 Å². The Labute approximate surface area is 124 Å². The van der Waals surface area contributed by atoms with Crippen LogP contribution < -0.4 is 5.32 Å². The lowest BCUT2D eigenvalue weighted by Crippen LogP contribution is -2.43. The van der Waals surface area contributed by atoms with Crippen molar-refractivity contribution in [2.24, 2.45) is 0 Å². The van der Waals surface area contributed by atoms with Crippen LogP contribution in [0.25, 0.3) is 0 Å². The van der Waals surface area contributed by atoms with E-state index in [-0.39, 0.29) is 0 Å². The van der Waals surface area contributed by atoms with Crippen molar-refractivity contribution in [3.8, 4) is 0 Å². The van der Waals surface area contributed by atoms with Crippen molar-refractivity contribution in [1.29, 1.82) is 0 Å². The molecule has 0 aromatic carbocycles. The third-order valence-electron chi connectivity index (χ3n) is 3.61. The van der Waals surface area contributed by atoms with E-state index >= 15 is 0 Å². The number of nitrogens with one attached hydrogen (secondary N) is 1. The highest BCUT2D eigenvalue weighted by Gasteiger charge is 2.16. The molecule has 1 aromatic heterocycles. The van der Waals surface area contributed by atoms with Gasteiger partial charge < -0.3 is 5.32 Å². The van der Waals surface area contributed by atoms with Crippen molar-refractivity contribution >= 4 is 15.9 Å². The van der Waals surface area contributed by atoms with E-state index in [2.05, 4.69) is 50.2 Å². The van der Waals surface area contributed by atoms with E-state index in [0.29, 0.717) is 6.04 Å². The number of hydrogen-bond acceptors (Lipinski definition) is 3. The van der Waals surface area contributed by atoms with Crippen molar-refractivity contribution in [1.82, 2.24) is 15.2 Å². The minimum atomic E-state index is 0.663. The topological polar surface area (TPSA) is 28.2 Å². The van der Waals surface area contributed by atoms with Gasteiger partial charge in [-0.05, 0) is 60.4 Å². The second-order valence-electron chi connectivity index (χ2n) is 5.35. The predicted octanol–water partition coefficient (Wildman–Crippen LogP) is 3.20. The Balaban J connectivity index is 1.89. The van der Waals surface area contributed by atoms with E-state index in [9.17, 15) is 0 Å². The van der Waals surface area contributed by atoms with Gasteiger partial charge in [-0.2, -0.15) is 0 Å². The lowest BCUT2D eigenvalue weighted by Gasteiger charge is -2.30.